The van der Waals surface area contributed by atoms with E-state index in [-0.39, 0.29) is 19.5 Å². The minimum atomic E-state index is -2.45. The number of hydrogen-bond acceptors (Lipinski definition) is 8. The molecule has 0 aliphatic carbocycles. The summed E-state index contributed by atoms with van der Waals surface area (Å²) in [5, 5.41) is 0. The van der Waals surface area contributed by atoms with Crippen LogP contribution in [0.5, 0.6) is 0 Å². The molecule has 0 unspecified atom stereocenters. The van der Waals surface area contributed by atoms with Crippen LogP contribution in [0.25, 0.3) is 0 Å². The van der Waals surface area contributed by atoms with Crippen LogP contribution >= 0.6 is 12.2 Å². The van der Waals surface area contributed by atoms with Gasteiger partial charge in [0.2, 0.25) is 0 Å². The third-order valence-corrected chi connectivity index (χ3v) is 20.5. The fourth-order valence-corrected chi connectivity index (χ4v) is 14.0. The summed E-state index contributed by atoms with van der Waals surface area (Å²) in [5.41, 5.74) is 0. The Hall–Kier alpha value is 2.72. The Bertz CT molecular complexity index is 914. The first-order chi connectivity index (χ1) is 38.2. The molecule has 0 amide bonds. The van der Waals surface area contributed by atoms with Crippen LogP contribution in [-0.2, 0) is 86.6 Å². The van der Waals surface area contributed by atoms with Crippen molar-refractivity contribution in [3.8, 4) is 0 Å². The zero-order chi connectivity index (χ0) is 57.1. The second-order valence-corrected chi connectivity index (χ2v) is 34.0. The molecule has 472 valence electrons. The van der Waals surface area contributed by atoms with Crippen molar-refractivity contribution in [2.75, 3.05) is 26.4 Å². The summed E-state index contributed by atoms with van der Waals surface area (Å²) in [7, 11) is 0. The minimum absolute atomic E-state index is 0. The van der Waals surface area contributed by atoms with Gasteiger partial charge in [-0.15, -0.1) is 0 Å². The number of unbranched alkanes of at least 4 members (excludes halogenated alkanes) is 56. The van der Waals surface area contributed by atoms with Crippen LogP contribution in [0.4, 0.5) is 0 Å². The molecule has 0 aliphatic rings. The van der Waals surface area contributed by atoms with Gasteiger partial charge in [0, 0.05) is 12.2 Å². The Kier molecular flexibility index (Phi) is 81.6. The van der Waals surface area contributed by atoms with Gasteiger partial charge in [-0.2, -0.15) is 0 Å². The molecule has 0 spiro atoms. The van der Waals surface area contributed by atoms with Gasteiger partial charge in [-0.1, -0.05) is 387 Å². The molecule has 0 fully saturated rings. The smallest absolute Gasteiger partial charge is 0.516 e. The predicted molar refractivity (Wildman–Crippen MR) is 367 cm³/mol. The molecule has 0 aromatic carbocycles. The van der Waals surface area contributed by atoms with E-state index < -0.39 is 12.2 Å². The van der Waals surface area contributed by atoms with Crippen molar-refractivity contribution in [1.82, 2.24) is 0 Å². The molecule has 4 nitrogen and oxygen atoms in total. The normalized spacial score (nSPS) is 11.8. The number of hydrogen-bond donors (Lipinski definition) is 0. The van der Waals surface area contributed by atoms with Gasteiger partial charge in [-0.25, -0.2) is 0 Å². The molecule has 0 rings (SSSR count). The maximum atomic E-state index is 5.79. The van der Waals surface area contributed by atoms with Gasteiger partial charge in [-0.05, 0) is 25.7 Å². The summed E-state index contributed by atoms with van der Waals surface area (Å²) in [6.45, 7) is 11.9. The van der Waals surface area contributed by atoms with Crippen LogP contribution in [0.2, 0.25) is 0 Å². The van der Waals surface area contributed by atoms with Gasteiger partial charge in [0.05, 0.1) is 26.4 Å². The van der Waals surface area contributed by atoms with Crippen molar-refractivity contribution in [2.45, 2.75) is 413 Å². The summed E-state index contributed by atoms with van der Waals surface area (Å²) in [4.78, 5) is 0. The number of rotatable bonds is 68. The molecule has 0 saturated heterocycles. The van der Waals surface area contributed by atoms with Crippen LogP contribution in [0, 0.1) is 0 Å². The Morgan fingerprint density at radius 3 is 0.354 bits per heavy atom. The Labute approximate surface area is 534 Å². The van der Waals surface area contributed by atoms with E-state index in [1.54, 1.807) is 0 Å². The molecule has 0 N–H and O–H groups in total. The molecular formula is C68H140O4P2S4Zn. The second-order valence-electron chi connectivity index (χ2n) is 24.0. The molecule has 0 atom stereocenters. The zero-order valence-corrected chi connectivity index (χ0v) is 62.1. The van der Waals surface area contributed by atoms with Crippen molar-refractivity contribution >= 4 is 61.2 Å². The van der Waals surface area contributed by atoms with Crippen LogP contribution in [0.1, 0.15) is 413 Å². The predicted octanol–water partition coefficient (Wildman–Crippen LogP) is 27.1. The average molecular weight is 1280 g/mol. The molecule has 0 saturated carbocycles. The summed E-state index contributed by atoms with van der Waals surface area (Å²) >= 11 is 21.7. The molecule has 0 radical (unpaired) electrons. The standard InChI is InChI=1S/2C34H71O2PS2.Zn/c2*1-3-5-7-9-11-13-15-17-19-21-23-25-27-29-31-33-35-37(38,39)36-34-32-30-28-26-24-22-20-18-16-14-12-10-8-6-4-2;/h2*3-34H2,1-2H3,(H,38,39);/q;;+2/p-2. The first kappa shape index (κ1) is 85.9. The van der Waals surface area contributed by atoms with Gasteiger partial charge in [0.1, 0.15) is 0 Å². The van der Waals surface area contributed by atoms with Gasteiger partial charge in [-0.3, -0.25) is 18.1 Å². The van der Waals surface area contributed by atoms with E-state index in [1.807, 2.05) is 0 Å². The van der Waals surface area contributed by atoms with E-state index in [0.717, 1.165) is 25.7 Å². The van der Waals surface area contributed by atoms with Crippen molar-refractivity contribution < 1.29 is 37.6 Å². The van der Waals surface area contributed by atoms with Gasteiger partial charge in [0.25, 0.3) is 0 Å². The third-order valence-electron chi connectivity index (χ3n) is 16.0. The maximum Gasteiger partial charge on any atom is 2.00 e. The summed E-state index contributed by atoms with van der Waals surface area (Å²) in [6.07, 6.45) is 77.5. The van der Waals surface area contributed by atoms with Crippen LogP contribution in [-0.4, -0.2) is 26.4 Å². The first-order valence-corrected chi connectivity index (χ1v) is 42.7. The maximum absolute atomic E-state index is 5.79. The first-order valence-electron chi connectivity index (χ1n) is 35.4. The SMILES string of the molecule is CCCCCCCCCCCCCCCCCO[P+]([S-])([S-])OCCCCCCCCCCCCCCCCC.CCCCCCCCCCCCCCCCCO[P+]([S-])([S-])OCCCCCCCCCCCCCCCCC.[Zn+2]. The molecule has 0 heterocycles. The molecule has 0 aromatic rings. The minimum Gasteiger partial charge on any atom is -0.516 e. The molecule has 79 heavy (non-hydrogen) atoms. The van der Waals surface area contributed by atoms with Crippen molar-refractivity contribution in [3.63, 3.8) is 0 Å². The van der Waals surface area contributed by atoms with Crippen LogP contribution in [0.3, 0.4) is 0 Å². The average Bonchev–Trinajstić information content (AvgIpc) is 3.42. The fraction of sp³-hybridized carbons (Fsp3) is 1.00. The Morgan fingerprint density at radius 1 is 0.165 bits per heavy atom. The monoisotopic (exact) mass is 1270 g/mol. The van der Waals surface area contributed by atoms with Crippen molar-refractivity contribution in [2.24, 2.45) is 0 Å². The Morgan fingerprint density at radius 2 is 0.253 bits per heavy atom. The second kappa shape index (κ2) is 75.0. The molecular weight excluding hydrogens is 1140 g/mol. The molecule has 0 aliphatic heterocycles. The molecule has 11 heteroatoms. The fourth-order valence-electron chi connectivity index (χ4n) is 10.7. The molecule has 0 bridgehead atoms. The van der Waals surface area contributed by atoms with Crippen LogP contribution < -0.4 is 0 Å². The van der Waals surface area contributed by atoms with Crippen LogP contribution in [0.15, 0.2) is 0 Å². The topological polar surface area (TPSA) is 36.9 Å². The van der Waals surface area contributed by atoms with Gasteiger partial charge in [0.15, 0.2) is 0 Å². The van der Waals surface area contributed by atoms with Crippen molar-refractivity contribution in [1.29, 1.82) is 0 Å². The Balaban J connectivity index is -0.00000144. The summed E-state index contributed by atoms with van der Waals surface area (Å²) in [6, 6.07) is 0. The van der Waals surface area contributed by atoms with E-state index >= 15 is 0 Å². The van der Waals surface area contributed by atoms with Gasteiger partial charge >= 0.3 is 19.5 Å². The molecule has 0 aromatic heterocycles. The van der Waals surface area contributed by atoms with E-state index in [9.17, 15) is 0 Å². The largest absolute Gasteiger partial charge is 2.00 e. The summed E-state index contributed by atoms with van der Waals surface area (Å²) in [5.74, 6) is 0. The van der Waals surface area contributed by atoms with E-state index in [2.05, 4.69) is 27.7 Å². The van der Waals surface area contributed by atoms with Gasteiger partial charge < -0.3 is 49.0 Å². The quantitative estimate of drug-likeness (QED) is 0.0258. The zero-order valence-electron chi connectivity index (χ0n) is 54.1. The van der Waals surface area contributed by atoms with E-state index in [1.165, 1.54) is 360 Å². The van der Waals surface area contributed by atoms with Crippen molar-refractivity contribution in [3.05, 3.63) is 0 Å². The summed E-state index contributed by atoms with van der Waals surface area (Å²) < 4.78 is 23.1. The third kappa shape index (κ3) is 80.7. The van der Waals surface area contributed by atoms with E-state index in [4.69, 9.17) is 67.1 Å². The van der Waals surface area contributed by atoms with E-state index in [0.29, 0.717) is 26.4 Å².